The smallest absolute Gasteiger partial charge is 0.413 e. The zero-order valence-corrected chi connectivity index (χ0v) is 27.4. The number of aromatic nitrogens is 2. The lowest BCUT2D eigenvalue weighted by Gasteiger charge is -2.18. The number of methoxy groups -OCH3 is 1. The maximum absolute atomic E-state index is 13.6. The van der Waals surface area contributed by atoms with Crippen LogP contribution in [0.25, 0.3) is 11.3 Å². The van der Waals surface area contributed by atoms with Gasteiger partial charge in [0.1, 0.15) is 19.0 Å². The maximum atomic E-state index is 13.6. The standard InChI is InChI=1S/C34H35N7O9/c1-20(2)38-32-33(45)40(27(17-37-32)25-13-23(15-29(43)44)14-26(41(47)48)30(25)49-3)18-28(42)36-16-21-9-11-24(12-10-21)31(35)39-34(46)50-19-22-7-5-4-6-8-22/h4-14,17,20H,15-16,18-19H2,1-3H3,(H,36,42)(H,37,38)(H,43,44)(H2,35,39,46). The van der Waals surface area contributed by atoms with Gasteiger partial charge in [-0.2, -0.15) is 0 Å². The number of nitro benzene ring substituents is 1. The van der Waals surface area contributed by atoms with Crippen molar-refractivity contribution in [2.24, 2.45) is 0 Å². The second-order valence-corrected chi connectivity index (χ2v) is 11.2. The lowest BCUT2D eigenvalue weighted by Crippen LogP contribution is -2.35. The van der Waals surface area contributed by atoms with Gasteiger partial charge in [0.25, 0.3) is 5.56 Å². The summed E-state index contributed by atoms with van der Waals surface area (Å²) in [6.45, 7) is 3.13. The Hall–Kier alpha value is -6.58. The molecule has 0 radical (unpaired) electrons. The Balaban J connectivity index is 1.52. The molecule has 4 rings (SSSR count). The summed E-state index contributed by atoms with van der Waals surface area (Å²) in [5.74, 6) is -2.32. The molecule has 1 aromatic heterocycles. The van der Waals surface area contributed by atoms with E-state index >= 15 is 0 Å². The predicted octanol–water partition coefficient (Wildman–Crippen LogP) is 3.84. The number of nitrogens with zero attached hydrogens (tertiary/aromatic N) is 3. The van der Waals surface area contributed by atoms with Crippen LogP contribution in [0.5, 0.6) is 5.75 Å². The Kier molecular flexibility index (Phi) is 12.0. The van der Waals surface area contributed by atoms with E-state index in [9.17, 15) is 34.4 Å². The minimum atomic E-state index is -1.23. The van der Waals surface area contributed by atoms with Crippen LogP contribution in [0.3, 0.4) is 0 Å². The fourth-order valence-electron chi connectivity index (χ4n) is 4.84. The number of ether oxygens (including phenoxy) is 2. The van der Waals surface area contributed by atoms with E-state index in [2.05, 4.69) is 20.9 Å². The highest BCUT2D eigenvalue weighted by Gasteiger charge is 2.26. The molecule has 2 amide bonds. The number of alkyl carbamates (subject to hydrolysis) is 1. The van der Waals surface area contributed by atoms with Crippen molar-refractivity contribution in [1.82, 2.24) is 20.2 Å². The number of amides is 2. The monoisotopic (exact) mass is 685 g/mol. The maximum Gasteiger partial charge on any atom is 0.413 e. The van der Waals surface area contributed by atoms with E-state index < -0.39 is 47.1 Å². The molecule has 16 heteroatoms. The van der Waals surface area contributed by atoms with Crippen LogP contribution < -0.4 is 26.2 Å². The summed E-state index contributed by atoms with van der Waals surface area (Å²) in [5.41, 5.74) is 0.678. The van der Waals surface area contributed by atoms with Gasteiger partial charge in [-0.25, -0.2) is 9.78 Å². The molecule has 0 saturated heterocycles. The SMILES string of the molecule is COc1c(-c2cnc(NC(C)C)c(=O)n2CC(=O)NCc2ccc(C(=N)NC(=O)OCc3ccccc3)cc2)cc(CC(=O)O)cc1[N+](=O)[O-]. The number of carbonyl (C=O) groups excluding carboxylic acids is 2. The largest absolute Gasteiger partial charge is 0.490 e. The molecule has 1 heterocycles. The highest BCUT2D eigenvalue weighted by molar-refractivity contribution is 6.04. The lowest BCUT2D eigenvalue weighted by molar-refractivity contribution is -0.385. The number of benzene rings is 3. The van der Waals surface area contributed by atoms with Crippen molar-refractivity contribution in [2.75, 3.05) is 12.4 Å². The Morgan fingerprint density at radius 1 is 1.04 bits per heavy atom. The molecule has 4 aromatic rings. The van der Waals surface area contributed by atoms with E-state index in [1.807, 2.05) is 18.2 Å². The highest BCUT2D eigenvalue weighted by atomic mass is 16.6. The Morgan fingerprint density at radius 3 is 2.36 bits per heavy atom. The third kappa shape index (κ3) is 9.50. The normalized spacial score (nSPS) is 10.6. The first kappa shape index (κ1) is 36.3. The van der Waals surface area contributed by atoms with Gasteiger partial charge in [0, 0.05) is 29.8 Å². The number of rotatable bonds is 14. The number of amidine groups is 1. The minimum absolute atomic E-state index is 0.00189. The number of carboxylic acid groups (broad SMARTS) is 1. The summed E-state index contributed by atoms with van der Waals surface area (Å²) in [7, 11) is 1.19. The van der Waals surface area contributed by atoms with Gasteiger partial charge < -0.3 is 25.2 Å². The molecule has 16 nitrogen and oxygen atoms in total. The molecule has 3 aromatic carbocycles. The molecular weight excluding hydrogens is 650 g/mol. The van der Waals surface area contributed by atoms with E-state index in [4.69, 9.17) is 14.9 Å². The highest BCUT2D eigenvalue weighted by Crippen LogP contribution is 2.39. The van der Waals surface area contributed by atoms with Gasteiger partial charge in [0.05, 0.1) is 30.3 Å². The molecule has 0 unspecified atom stereocenters. The quantitative estimate of drug-likeness (QED) is 0.0554. The number of carboxylic acids is 1. The van der Waals surface area contributed by atoms with Crippen LogP contribution in [-0.2, 0) is 40.4 Å². The first-order valence-corrected chi connectivity index (χ1v) is 15.2. The van der Waals surface area contributed by atoms with Crippen molar-refractivity contribution < 1.29 is 33.9 Å². The molecule has 0 spiro atoms. The number of nitro groups is 1. The van der Waals surface area contributed by atoms with Crippen LogP contribution in [0, 0.1) is 15.5 Å². The number of carbonyl (C=O) groups is 3. The lowest BCUT2D eigenvalue weighted by atomic mass is 10.0. The first-order chi connectivity index (χ1) is 23.9. The molecule has 0 atom stereocenters. The van der Waals surface area contributed by atoms with E-state index in [0.29, 0.717) is 11.1 Å². The topological polar surface area (TPSA) is 228 Å². The second kappa shape index (κ2) is 16.5. The van der Waals surface area contributed by atoms with Crippen molar-refractivity contribution in [3.8, 4) is 17.0 Å². The number of hydrogen-bond donors (Lipinski definition) is 5. The Bertz CT molecular complexity index is 1960. The van der Waals surface area contributed by atoms with Crippen LogP contribution in [-0.4, -0.2) is 56.5 Å². The number of anilines is 1. The summed E-state index contributed by atoms with van der Waals surface area (Å²) in [6, 6.07) is 17.8. The summed E-state index contributed by atoms with van der Waals surface area (Å²) < 4.78 is 11.6. The van der Waals surface area contributed by atoms with Gasteiger partial charge in [-0.1, -0.05) is 54.6 Å². The molecule has 0 aliphatic heterocycles. The number of hydrogen-bond acceptors (Lipinski definition) is 11. The number of aliphatic carboxylic acids is 1. The fourth-order valence-corrected chi connectivity index (χ4v) is 4.84. The van der Waals surface area contributed by atoms with Crippen molar-refractivity contribution in [3.05, 3.63) is 116 Å². The molecule has 0 saturated carbocycles. The third-order valence-electron chi connectivity index (χ3n) is 7.11. The molecule has 0 aliphatic carbocycles. The van der Waals surface area contributed by atoms with Crippen molar-refractivity contribution >= 4 is 35.3 Å². The predicted molar refractivity (Wildman–Crippen MR) is 182 cm³/mol. The second-order valence-electron chi connectivity index (χ2n) is 11.2. The minimum Gasteiger partial charge on any atom is -0.490 e. The van der Waals surface area contributed by atoms with Gasteiger partial charge in [-0.05, 0) is 36.6 Å². The average Bonchev–Trinajstić information content (AvgIpc) is 3.08. The van der Waals surface area contributed by atoms with Crippen molar-refractivity contribution in [1.29, 1.82) is 5.41 Å². The first-order valence-electron chi connectivity index (χ1n) is 15.2. The van der Waals surface area contributed by atoms with E-state index in [0.717, 1.165) is 16.2 Å². The Morgan fingerprint density at radius 2 is 1.74 bits per heavy atom. The third-order valence-corrected chi connectivity index (χ3v) is 7.11. The molecule has 50 heavy (non-hydrogen) atoms. The summed E-state index contributed by atoms with van der Waals surface area (Å²) in [4.78, 5) is 65.8. The fraction of sp³-hybridized carbons (Fsp3) is 0.235. The van der Waals surface area contributed by atoms with E-state index in [-0.39, 0.29) is 53.4 Å². The Labute approximate surface area is 285 Å². The van der Waals surface area contributed by atoms with Crippen molar-refractivity contribution in [2.45, 2.75) is 46.0 Å². The molecular formula is C34H35N7O9. The van der Waals surface area contributed by atoms with Gasteiger partial charge in [0.2, 0.25) is 11.7 Å². The van der Waals surface area contributed by atoms with Crippen LogP contribution >= 0.6 is 0 Å². The van der Waals surface area contributed by atoms with Crippen molar-refractivity contribution in [3.63, 3.8) is 0 Å². The molecule has 260 valence electrons. The zero-order chi connectivity index (χ0) is 36.4. The van der Waals surface area contributed by atoms with Gasteiger partial charge in [-0.3, -0.25) is 39.8 Å². The number of nitrogens with one attached hydrogen (secondary N) is 4. The van der Waals surface area contributed by atoms with Crippen LogP contribution in [0.4, 0.5) is 16.3 Å². The van der Waals surface area contributed by atoms with Gasteiger partial charge >= 0.3 is 17.7 Å². The summed E-state index contributed by atoms with van der Waals surface area (Å²) in [6.07, 6.45) is -0.0751. The van der Waals surface area contributed by atoms with E-state index in [1.54, 1.807) is 50.2 Å². The summed E-state index contributed by atoms with van der Waals surface area (Å²) >= 11 is 0. The molecule has 0 fully saturated rings. The molecule has 5 N–H and O–H groups in total. The average molecular weight is 686 g/mol. The van der Waals surface area contributed by atoms with Gasteiger partial charge in [0.15, 0.2) is 5.82 Å². The molecule has 0 aliphatic rings. The van der Waals surface area contributed by atoms with Gasteiger partial charge in [-0.15, -0.1) is 0 Å². The van der Waals surface area contributed by atoms with Crippen LogP contribution in [0.2, 0.25) is 0 Å². The summed E-state index contributed by atoms with van der Waals surface area (Å²) in [5, 5.41) is 37.4. The van der Waals surface area contributed by atoms with Crippen LogP contribution in [0.1, 0.15) is 36.1 Å². The van der Waals surface area contributed by atoms with Crippen LogP contribution in [0.15, 0.2) is 77.7 Å². The molecule has 0 bridgehead atoms. The van der Waals surface area contributed by atoms with E-state index in [1.165, 1.54) is 19.4 Å². The zero-order valence-electron chi connectivity index (χ0n) is 27.4.